The van der Waals surface area contributed by atoms with E-state index in [0.717, 1.165) is 0 Å². The molecule has 0 bridgehead atoms. The third-order valence-electron chi connectivity index (χ3n) is 2.46. The second-order valence-corrected chi connectivity index (χ2v) is 4.37. The molecule has 1 amide bonds. The van der Waals surface area contributed by atoms with Crippen molar-refractivity contribution < 1.29 is 9.53 Å². The predicted molar refractivity (Wildman–Crippen MR) is 73.8 cm³/mol. The summed E-state index contributed by atoms with van der Waals surface area (Å²) in [4.78, 5) is 12.0. The maximum Gasteiger partial charge on any atom is 0.258 e. The van der Waals surface area contributed by atoms with Crippen LogP contribution in [0, 0.1) is 0 Å². The molecule has 1 aromatic heterocycles. The molecule has 0 saturated heterocycles. The summed E-state index contributed by atoms with van der Waals surface area (Å²) in [6.07, 6.45) is 3.15. The number of anilines is 1. The lowest BCUT2D eigenvalue weighted by Crippen LogP contribution is -2.12. The molecule has 0 aliphatic rings. The molecule has 1 heterocycles. The molecule has 1 aromatic carbocycles. The van der Waals surface area contributed by atoms with Crippen molar-refractivity contribution in [2.24, 2.45) is 7.05 Å². The number of halogens is 1. The summed E-state index contributed by atoms with van der Waals surface area (Å²) in [6.45, 7) is 2.36. The van der Waals surface area contributed by atoms with Crippen LogP contribution in [-0.2, 0) is 7.05 Å². The Hall–Kier alpha value is -2.01. The third-order valence-corrected chi connectivity index (χ3v) is 2.69. The van der Waals surface area contributed by atoms with Crippen LogP contribution in [0.3, 0.4) is 0 Å². The van der Waals surface area contributed by atoms with Crippen LogP contribution >= 0.6 is 11.6 Å². The van der Waals surface area contributed by atoms with Crippen LogP contribution in [0.1, 0.15) is 17.3 Å². The first-order chi connectivity index (χ1) is 9.10. The minimum Gasteiger partial charge on any atom is -0.492 e. The zero-order valence-corrected chi connectivity index (χ0v) is 11.4. The summed E-state index contributed by atoms with van der Waals surface area (Å²) in [7, 11) is 1.75. The highest BCUT2D eigenvalue weighted by Gasteiger charge is 2.11. The molecule has 2 rings (SSSR count). The van der Waals surface area contributed by atoms with Crippen molar-refractivity contribution in [3.8, 4) is 5.75 Å². The number of hydrogen-bond acceptors (Lipinski definition) is 3. The van der Waals surface area contributed by atoms with Gasteiger partial charge in [-0.05, 0) is 19.1 Å². The second-order valence-electron chi connectivity index (χ2n) is 3.93. The van der Waals surface area contributed by atoms with Crippen molar-refractivity contribution in [1.82, 2.24) is 9.78 Å². The molecule has 19 heavy (non-hydrogen) atoms. The van der Waals surface area contributed by atoms with E-state index < -0.39 is 0 Å². The van der Waals surface area contributed by atoms with Crippen molar-refractivity contribution in [1.29, 1.82) is 0 Å². The minimum atomic E-state index is -0.239. The largest absolute Gasteiger partial charge is 0.492 e. The van der Waals surface area contributed by atoms with E-state index in [0.29, 0.717) is 28.6 Å². The molecular formula is C13H14ClN3O2. The van der Waals surface area contributed by atoms with Crippen LogP contribution in [0.4, 0.5) is 5.69 Å². The molecule has 6 heteroatoms. The van der Waals surface area contributed by atoms with Gasteiger partial charge in [0.2, 0.25) is 0 Å². The summed E-state index contributed by atoms with van der Waals surface area (Å²) >= 11 is 5.90. The Morgan fingerprint density at radius 2 is 2.32 bits per heavy atom. The number of carbonyl (C=O) groups is 1. The van der Waals surface area contributed by atoms with Gasteiger partial charge in [-0.1, -0.05) is 11.6 Å². The van der Waals surface area contributed by atoms with Gasteiger partial charge in [-0.2, -0.15) is 5.10 Å². The zero-order valence-electron chi connectivity index (χ0n) is 10.7. The van der Waals surface area contributed by atoms with Gasteiger partial charge in [-0.15, -0.1) is 0 Å². The summed E-state index contributed by atoms with van der Waals surface area (Å²) in [5, 5.41) is 7.29. The molecule has 0 fully saturated rings. The van der Waals surface area contributed by atoms with Gasteiger partial charge in [-0.3, -0.25) is 9.48 Å². The molecule has 5 nitrogen and oxygen atoms in total. The molecule has 0 aliphatic heterocycles. The van der Waals surface area contributed by atoms with Gasteiger partial charge in [0, 0.05) is 24.3 Å². The molecule has 100 valence electrons. The minimum absolute atomic E-state index is 0.239. The van der Waals surface area contributed by atoms with E-state index in [1.165, 1.54) is 6.20 Å². The van der Waals surface area contributed by atoms with Crippen molar-refractivity contribution in [2.45, 2.75) is 6.92 Å². The number of aromatic nitrogens is 2. The average Bonchev–Trinajstić information content (AvgIpc) is 2.80. The number of hydrogen-bond donors (Lipinski definition) is 1. The van der Waals surface area contributed by atoms with E-state index in [4.69, 9.17) is 16.3 Å². The van der Waals surface area contributed by atoms with Gasteiger partial charge < -0.3 is 10.1 Å². The fraction of sp³-hybridized carbons (Fsp3) is 0.231. The number of nitrogens with zero attached hydrogens (tertiary/aromatic N) is 2. The number of nitrogens with one attached hydrogen (secondary N) is 1. The summed E-state index contributed by atoms with van der Waals surface area (Å²) in [6, 6.07) is 5.08. The fourth-order valence-electron chi connectivity index (χ4n) is 1.61. The van der Waals surface area contributed by atoms with Gasteiger partial charge in [-0.25, -0.2) is 0 Å². The Labute approximate surface area is 116 Å². The van der Waals surface area contributed by atoms with E-state index in [1.807, 2.05) is 6.92 Å². The third kappa shape index (κ3) is 3.26. The standard InChI is InChI=1S/C13H14ClN3O2/c1-3-19-12-6-10(14)4-5-11(12)16-13(18)9-7-15-17(2)8-9/h4-8H,3H2,1-2H3,(H,16,18). The smallest absolute Gasteiger partial charge is 0.258 e. The monoisotopic (exact) mass is 279 g/mol. The van der Waals surface area contributed by atoms with Crippen LogP contribution in [0.5, 0.6) is 5.75 Å². The number of benzene rings is 1. The van der Waals surface area contributed by atoms with Gasteiger partial charge in [0.15, 0.2) is 0 Å². The Morgan fingerprint density at radius 1 is 1.53 bits per heavy atom. The lowest BCUT2D eigenvalue weighted by atomic mass is 10.2. The van der Waals surface area contributed by atoms with E-state index >= 15 is 0 Å². The Balaban J connectivity index is 2.20. The first kappa shape index (κ1) is 13.4. The normalized spacial score (nSPS) is 10.3. The lowest BCUT2D eigenvalue weighted by Gasteiger charge is -2.11. The first-order valence-electron chi connectivity index (χ1n) is 5.82. The highest BCUT2D eigenvalue weighted by atomic mass is 35.5. The number of carbonyl (C=O) groups excluding carboxylic acids is 1. The topological polar surface area (TPSA) is 56.1 Å². The predicted octanol–water partition coefficient (Wildman–Crippen LogP) is 2.72. The van der Waals surface area contributed by atoms with E-state index in [1.54, 1.807) is 36.1 Å². The second kappa shape index (κ2) is 5.75. The van der Waals surface area contributed by atoms with Gasteiger partial charge in [0.1, 0.15) is 5.75 Å². The Bertz CT molecular complexity index is 595. The van der Waals surface area contributed by atoms with E-state index in [9.17, 15) is 4.79 Å². The number of amides is 1. The molecule has 0 aliphatic carbocycles. The maximum absolute atomic E-state index is 12.0. The molecule has 0 saturated carbocycles. The molecule has 0 radical (unpaired) electrons. The Morgan fingerprint density at radius 3 is 2.95 bits per heavy atom. The van der Waals surface area contributed by atoms with E-state index in [2.05, 4.69) is 10.4 Å². The van der Waals surface area contributed by atoms with E-state index in [-0.39, 0.29) is 5.91 Å². The number of aryl methyl sites for hydroxylation is 1. The average molecular weight is 280 g/mol. The summed E-state index contributed by atoms with van der Waals surface area (Å²) in [5.41, 5.74) is 1.07. The summed E-state index contributed by atoms with van der Waals surface area (Å²) < 4.78 is 7.01. The first-order valence-corrected chi connectivity index (χ1v) is 6.20. The molecular weight excluding hydrogens is 266 g/mol. The summed E-state index contributed by atoms with van der Waals surface area (Å²) in [5.74, 6) is 0.309. The van der Waals surface area contributed by atoms with Crippen molar-refractivity contribution in [3.63, 3.8) is 0 Å². The fourth-order valence-corrected chi connectivity index (χ4v) is 1.77. The highest BCUT2D eigenvalue weighted by molar-refractivity contribution is 6.30. The molecule has 0 atom stereocenters. The quantitative estimate of drug-likeness (QED) is 0.936. The molecule has 0 unspecified atom stereocenters. The van der Waals surface area contributed by atoms with Gasteiger partial charge in [0.25, 0.3) is 5.91 Å². The number of rotatable bonds is 4. The Kier molecular flexibility index (Phi) is 4.06. The molecule has 2 aromatic rings. The van der Waals surface area contributed by atoms with Crippen molar-refractivity contribution in [3.05, 3.63) is 41.2 Å². The highest BCUT2D eigenvalue weighted by Crippen LogP contribution is 2.28. The van der Waals surface area contributed by atoms with Crippen LogP contribution in [-0.4, -0.2) is 22.3 Å². The number of ether oxygens (including phenoxy) is 1. The van der Waals surface area contributed by atoms with Gasteiger partial charge >= 0.3 is 0 Å². The van der Waals surface area contributed by atoms with Crippen LogP contribution in [0.25, 0.3) is 0 Å². The van der Waals surface area contributed by atoms with Crippen molar-refractivity contribution in [2.75, 3.05) is 11.9 Å². The molecule has 0 spiro atoms. The van der Waals surface area contributed by atoms with Crippen LogP contribution in [0.15, 0.2) is 30.6 Å². The van der Waals surface area contributed by atoms with Crippen LogP contribution in [0.2, 0.25) is 5.02 Å². The SMILES string of the molecule is CCOc1cc(Cl)ccc1NC(=O)c1cnn(C)c1. The van der Waals surface area contributed by atoms with Crippen molar-refractivity contribution >= 4 is 23.2 Å². The van der Waals surface area contributed by atoms with Crippen LogP contribution < -0.4 is 10.1 Å². The molecule has 1 N–H and O–H groups in total. The maximum atomic E-state index is 12.0. The lowest BCUT2D eigenvalue weighted by molar-refractivity contribution is 0.102. The van der Waals surface area contributed by atoms with Gasteiger partial charge in [0.05, 0.1) is 24.1 Å². The zero-order chi connectivity index (χ0) is 13.8.